The van der Waals surface area contributed by atoms with Gasteiger partial charge in [-0.05, 0) is 51.9 Å². The van der Waals surface area contributed by atoms with Crippen molar-refractivity contribution in [1.82, 2.24) is 14.9 Å². The number of likely N-dealkylation sites (tertiary alicyclic amines) is 1. The van der Waals surface area contributed by atoms with Gasteiger partial charge in [0, 0.05) is 18.4 Å². The van der Waals surface area contributed by atoms with Gasteiger partial charge < -0.3 is 10.2 Å². The molecule has 4 nitrogen and oxygen atoms in total. The summed E-state index contributed by atoms with van der Waals surface area (Å²) in [6, 6.07) is 1.91. The smallest absolute Gasteiger partial charge is 0.222 e. The van der Waals surface area contributed by atoms with E-state index in [0.717, 1.165) is 24.6 Å². The molecule has 0 amide bonds. The maximum Gasteiger partial charge on any atom is 0.222 e. The summed E-state index contributed by atoms with van der Waals surface area (Å²) in [7, 11) is 0. The van der Waals surface area contributed by atoms with Crippen LogP contribution in [0.4, 0.5) is 5.95 Å². The number of hydrogen-bond donors (Lipinski definition) is 1. The van der Waals surface area contributed by atoms with Crippen molar-refractivity contribution in [2.45, 2.75) is 26.2 Å². The zero-order valence-electron chi connectivity index (χ0n) is 9.95. The second-order valence-corrected chi connectivity index (χ2v) is 4.35. The van der Waals surface area contributed by atoms with Crippen molar-refractivity contribution in [3.63, 3.8) is 0 Å². The van der Waals surface area contributed by atoms with Crippen LogP contribution in [-0.4, -0.2) is 41.0 Å². The summed E-state index contributed by atoms with van der Waals surface area (Å²) in [4.78, 5) is 11.0. The summed E-state index contributed by atoms with van der Waals surface area (Å²) in [5.41, 5.74) is 1.01. The number of nitrogens with one attached hydrogen (secondary N) is 1. The standard InChI is InChI=1S/C12H20N4/c1-11-5-7-14-12(15-11)13-6-4-10-16-8-2-3-9-16/h5,7H,2-4,6,8-10H2,1H3,(H,13,14,15). The highest BCUT2D eigenvalue weighted by Gasteiger charge is 2.09. The molecule has 16 heavy (non-hydrogen) atoms. The Labute approximate surface area is 97.1 Å². The summed E-state index contributed by atoms with van der Waals surface area (Å²) < 4.78 is 0. The van der Waals surface area contributed by atoms with Crippen LogP contribution in [0.5, 0.6) is 0 Å². The molecule has 0 aliphatic carbocycles. The Morgan fingerprint density at radius 1 is 1.38 bits per heavy atom. The molecule has 1 aliphatic heterocycles. The van der Waals surface area contributed by atoms with Gasteiger partial charge in [-0.3, -0.25) is 0 Å². The Kier molecular flexibility index (Phi) is 4.10. The fourth-order valence-electron chi connectivity index (χ4n) is 2.04. The third kappa shape index (κ3) is 3.45. The molecule has 1 N–H and O–H groups in total. The monoisotopic (exact) mass is 220 g/mol. The zero-order chi connectivity index (χ0) is 11.2. The van der Waals surface area contributed by atoms with E-state index in [0.29, 0.717) is 0 Å². The Balaban J connectivity index is 1.64. The Morgan fingerprint density at radius 3 is 2.94 bits per heavy atom. The van der Waals surface area contributed by atoms with E-state index >= 15 is 0 Å². The predicted molar refractivity (Wildman–Crippen MR) is 65.5 cm³/mol. The van der Waals surface area contributed by atoms with E-state index in [9.17, 15) is 0 Å². The molecule has 0 atom stereocenters. The van der Waals surface area contributed by atoms with Crippen molar-refractivity contribution in [2.75, 3.05) is 31.5 Å². The molecule has 1 saturated heterocycles. The first-order chi connectivity index (χ1) is 7.84. The molecular formula is C12H20N4. The van der Waals surface area contributed by atoms with Gasteiger partial charge in [0.2, 0.25) is 5.95 Å². The van der Waals surface area contributed by atoms with Crippen LogP contribution in [0.25, 0.3) is 0 Å². The van der Waals surface area contributed by atoms with Crippen molar-refractivity contribution in [1.29, 1.82) is 0 Å². The maximum absolute atomic E-state index is 4.31. The molecule has 2 rings (SSSR count). The first-order valence-electron chi connectivity index (χ1n) is 6.10. The minimum Gasteiger partial charge on any atom is -0.354 e. The van der Waals surface area contributed by atoms with Gasteiger partial charge in [0.1, 0.15) is 0 Å². The van der Waals surface area contributed by atoms with Gasteiger partial charge in [0.15, 0.2) is 0 Å². The van der Waals surface area contributed by atoms with Crippen molar-refractivity contribution < 1.29 is 0 Å². The molecule has 88 valence electrons. The van der Waals surface area contributed by atoms with Gasteiger partial charge >= 0.3 is 0 Å². The molecule has 0 unspecified atom stereocenters. The van der Waals surface area contributed by atoms with Gasteiger partial charge in [-0.25, -0.2) is 9.97 Å². The van der Waals surface area contributed by atoms with Crippen LogP contribution in [-0.2, 0) is 0 Å². The fraction of sp³-hybridized carbons (Fsp3) is 0.667. The number of aryl methyl sites for hydroxylation is 1. The number of aromatic nitrogens is 2. The van der Waals surface area contributed by atoms with Crippen LogP contribution in [0.2, 0.25) is 0 Å². The van der Waals surface area contributed by atoms with Crippen LogP contribution < -0.4 is 5.32 Å². The molecule has 1 aromatic rings. The lowest BCUT2D eigenvalue weighted by Gasteiger charge is -2.14. The Hall–Kier alpha value is -1.16. The third-order valence-electron chi connectivity index (χ3n) is 2.93. The highest BCUT2D eigenvalue weighted by molar-refractivity contribution is 5.24. The molecule has 0 spiro atoms. The highest BCUT2D eigenvalue weighted by atomic mass is 15.1. The maximum atomic E-state index is 4.31. The topological polar surface area (TPSA) is 41.1 Å². The summed E-state index contributed by atoms with van der Waals surface area (Å²) >= 11 is 0. The molecule has 0 saturated carbocycles. The van der Waals surface area contributed by atoms with Gasteiger partial charge in [-0.1, -0.05) is 0 Å². The minimum absolute atomic E-state index is 0.751. The first-order valence-corrected chi connectivity index (χ1v) is 6.10. The van der Waals surface area contributed by atoms with Crippen molar-refractivity contribution >= 4 is 5.95 Å². The molecule has 1 aromatic heterocycles. The number of nitrogens with zero attached hydrogens (tertiary/aromatic N) is 3. The molecule has 2 heterocycles. The van der Waals surface area contributed by atoms with Crippen LogP contribution in [0, 0.1) is 6.92 Å². The predicted octanol–water partition coefficient (Wildman–Crippen LogP) is 1.68. The van der Waals surface area contributed by atoms with E-state index in [1.54, 1.807) is 6.20 Å². The quantitative estimate of drug-likeness (QED) is 0.767. The van der Waals surface area contributed by atoms with Crippen molar-refractivity contribution in [3.8, 4) is 0 Å². The minimum atomic E-state index is 0.751. The third-order valence-corrected chi connectivity index (χ3v) is 2.93. The summed E-state index contributed by atoms with van der Waals surface area (Å²) in [6.07, 6.45) is 5.70. The largest absolute Gasteiger partial charge is 0.354 e. The van der Waals surface area contributed by atoms with Crippen molar-refractivity contribution in [3.05, 3.63) is 18.0 Å². The second kappa shape index (κ2) is 5.80. The highest BCUT2D eigenvalue weighted by Crippen LogP contribution is 2.07. The van der Waals surface area contributed by atoms with Crippen LogP contribution >= 0.6 is 0 Å². The zero-order valence-corrected chi connectivity index (χ0v) is 9.95. The Morgan fingerprint density at radius 2 is 2.19 bits per heavy atom. The lowest BCUT2D eigenvalue weighted by atomic mass is 10.4. The van der Waals surface area contributed by atoms with Gasteiger partial charge in [0.05, 0.1) is 0 Å². The van der Waals surface area contributed by atoms with E-state index in [2.05, 4.69) is 20.2 Å². The first kappa shape index (κ1) is 11.3. The lowest BCUT2D eigenvalue weighted by molar-refractivity contribution is 0.337. The van der Waals surface area contributed by atoms with E-state index in [-0.39, 0.29) is 0 Å². The number of rotatable bonds is 5. The number of hydrogen-bond acceptors (Lipinski definition) is 4. The average Bonchev–Trinajstić information content (AvgIpc) is 2.77. The van der Waals surface area contributed by atoms with Gasteiger partial charge in [-0.15, -0.1) is 0 Å². The summed E-state index contributed by atoms with van der Waals surface area (Å²) in [5.74, 6) is 0.751. The van der Waals surface area contributed by atoms with Crippen LogP contribution in [0.15, 0.2) is 12.3 Å². The molecular weight excluding hydrogens is 200 g/mol. The number of anilines is 1. The molecule has 1 fully saturated rings. The summed E-state index contributed by atoms with van der Waals surface area (Å²) in [5, 5.41) is 3.26. The fourth-order valence-corrected chi connectivity index (χ4v) is 2.04. The van der Waals surface area contributed by atoms with E-state index < -0.39 is 0 Å². The van der Waals surface area contributed by atoms with Crippen LogP contribution in [0.3, 0.4) is 0 Å². The molecule has 4 heteroatoms. The second-order valence-electron chi connectivity index (χ2n) is 4.35. The van der Waals surface area contributed by atoms with Gasteiger partial charge in [0.25, 0.3) is 0 Å². The SMILES string of the molecule is Cc1ccnc(NCCCN2CCCC2)n1. The molecule has 0 bridgehead atoms. The molecule has 0 aromatic carbocycles. The summed E-state index contributed by atoms with van der Waals surface area (Å²) in [6.45, 7) is 6.69. The normalized spacial score (nSPS) is 16.6. The average molecular weight is 220 g/mol. The Bertz CT molecular complexity index is 321. The lowest BCUT2D eigenvalue weighted by Crippen LogP contribution is -2.22. The van der Waals surface area contributed by atoms with E-state index in [1.807, 2.05) is 13.0 Å². The van der Waals surface area contributed by atoms with E-state index in [1.165, 1.54) is 32.5 Å². The van der Waals surface area contributed by atoms with Crippen molar-refractivity contribution in [2.24, 2.45) is 0 Å². The van der Waals surface area contributed by atoms with Crippen LogP contribution in [0.1, 0.15) is 25.0 Å². The van der Waals surface area contributed by atoms with Gasteiger partial charge in [-0.2, -0.15) is 0 Å². The van der Waals surface area contributed by atoms with E-state index in [4.69, 9.17) is 0 Å². The molecule has 0 radical (unpaired) electrons. The molecule has 1 aliphatic rings.